The van der Waals surface area contributed by atoms with Crippen LogP contribution in [0.2, 0.25) is 0 Å². The van der Waals surface area contributed by atoms with Crippen molar-refractivity contribution in [2.45, 2.75) is 18.1 Å². The summed E-state index contributed by atoms with van der Waals surface area (Å²) in [5.41, 5.74) is 0.903. The molecule has 128 valence electrons. The second-order valence-corrected chi connectivity index (χ2v) is 7.02. The van der Waals surface area contributed by atoms with Gasteiger partial charge in [0.15, 0.2) is 9.84 Å². The molecule has 0 fully saturated rings. The number of alkyl halides is 2. The lowest BCUT2D eigenvalue weighted by Crippen LogP contribution is -2.23. The standard InChI is InChI=1S/C16H15F2NO4S/c1-24(21,22)14-4-2-3-12(9-14)15(20)19-10-11-5-7-13(8-6-11)23-16(17)18/h2-9,16H,10H2,1H3,(H,19,20). The van der Waals surface area contributed by atoms with E-state index < -0.39 is 22.4 Å². The van der Waals surface area contributed by atoms with Gasteiger partial charge in [0.1, 0.15) is 5.75 Å². The Morgan fingerprint density at radius 1 is 1.17 bits per heavy atom. The van der Waals surface area contributed by atoms with Gasteiger partial charge in [-0.1, -0.05) is 18.2 Å². The van der Waals surface area contributed by atoms with E-state index in [2.05, 4.69) is 10.1 Å². The Kier molecular flexibility index (Phi) is 5.50. The molecule has 0 aliphatic rings. The molecule has 1 N–H and O–H groups in total. The third kappa shape index (κ3) is 5.02. The molecule has 0 spiro atoms. The summed E-state index contributed by atoms with van der Waals surface area (Å²) in [4.78, 5) is 12.1. The summed E-state index contributed by atoms with van der Waals surface area (Å²) in [5.74, 6) is -0.408. The van der Waals surface area contributed by atoms with E-state index in [9.17, 15) is 22.0 Å². The zero-order valence-electron chi connectivity index (χ0n) is 12.7. The van der Waals surface area contributed by atoms with Crippen molar-refractivity contribution in [1.82, 2.24) is 5.32 Å². The molecule has 1 amide bonds. The van der Waals surface area contributed by atoms with E-state index in [1.54, 1.807) is 12.1 Å². The smallest absolute Gasteiger partial charge is 0.387 e. The van der Waals surface area contributed by atoms with Crippen molar-refractivity contribution in [1.29, 1.82) is 0 Å². The minimum Gasteiger partial charge on any atom is -0.435 e. The fourth-order valence-electron chi connectivity index (χ4n) is 1.94. The van der Waals surface area contributed by atoms with Crippen molar-refractivity contribution in [2.75, 3.05) is 6.26 Å². The molecular weight excluding hydrogens is 340 g/mol. The number of ether oxygens (including phenoxy) is 1. The van der Waals surface area contributed by atoms with Gasteiger partial charge in [0, 0.05) is 18.4 Å². The molecule has 2 aromatic rings. The van der Waals surface area contributed by atoms with Gasteiger partial charge in [0.25, 0.3) is 5.91 Å². The highest BCUT2D eigenvalue weighted by molar-refractivity contribution is 7.90. The van der Waals surface area contributed by atoms with Gasteiger partial charge in [-0.15, -0.1) is 0 Å². The summed E-state index contributed by atoms with van der Waals surface area (Å²) >= 11 is 0. The number of carbonyl (C=O) groups is 1. The van der Waals surface area contributed by atoms with E-state index in [-0.39, 0.29) is 22.8 Å². The quantitative estimate of drug-likeness (QED) is 0.865. The predicted octanol–water partition coefficient (Wildman–Crippen LogP) is 2.62. The van der Waals surface area contributed by atoms with E-state index in [0.29, 0.717) is 5.56 Å². The lowest BCUT2D eigenvalue weighted by molar-refractivity contribution is -0.0498. The van der Waals surface area contributed by atoms with Crippen molar-refractivity contribution in [3.63, 3.8) is 0 Å². The van der Waals surface area contributed by atoms with Crippen LogP contribution in [0.5, 0.6) is 5.75 Å². The molecule has 2 aromatic carbocycles. The number of nitrogens with one attached hydrogen (secondary N) is 1. The molecule has 24 heavy (non-hydrogen) atoms. The SMILES string of the molecule is CS(=O)(=O)c1cccc(C(=O)NCc2ccc(OC(F)F)cc2)c1. The molecule has 2 rings (SSSR count). The summed E-state index contributed by atoms with van der Waals surface area (Å²) in [6, 6.07) is 11.5. The van der Waals surface area contributed by atoms with Crippen LogP contribution in [0.4, 0.5) is 8.78 Å². The van der Waals surface area contributed by atoms with Gasteiger partial charge in [-0.2, -0.15) is 8.78 Å². The highest BCUT2D eigenvalue weighted by Crippen LogP contribution is 2.15. The first-order valence-corrected chi connectivity index (χ1v) is 8.77. The summed E-state index contributed by atoms with van der Waals surface area (Å²) < 4.78 is 51.3. The molecule has 0 atom stereocenters. The summed E-state index contributed by atoms with van der Waals surface area (Å²) in [7, 11) is -3.40. The van der Waals surface area contributed by atoms with Gasteiger partial charge in [0.2, 0.25) is 0 Å². The highest BCUT2D eigenvalue weighted by atomic mass is 32.2. The average Bonchev–Trinajstić information content (AvgIpc) is 2.53. The Hall–Kier alpha value is -2.48. The first-order chi connectivity index (χ1) is 11.3. The van der Waals surface area contributed by atoms with E-state index in [1.807, 2.05) is 0 Å². The maximum absolute atomic E-state index is 12.1. The number of hydrogen-bond acceptors (Lipinski definition) is 4. The van der Waals surface area contributed by atoms with Crippen LogP contribution in [0, 0.1) is 0 Å². The molecule has 5 nitrogen and oxygen atoms in total. The fourth-order valence-corrected chi connectivity index (χ4v) is 2.61. The Bertz CT molecular complexity index is 820. The van der Waals surface area contributed by atoms with Crippen molar-refractivity contribution in [2.24, 2.45) is 0 Å². The van der Waals surface area contributed by atoms with Crippen LogP contribution < -0.4 is 10.1 Å². The number of hydrogen-bond donors (Lipinski definition) is 1. The molecule has 0 aliphatic heterocycles. The van der Waals surface area contributed by atoms with Crippen molar-refractivity contribution < 1.29 is 26.7 Å². The number of rotatable bonds is 6. The zero-order chi connectivity index (χ0) is 17.7. The van der Waals surface area contributed by atoms with Crippen LogP contribution >= 0.6 is 0 Å². The fraction of sp³-hybridized carbons (Fsp3) is 0.188. The van der Waals surface area contributed by atoms with Gasteiger partial charge >= 0.3 is 6.61 Å². The predicted molar refractivity (Wildman–Crippen MR) is 83.8 cm³/mol. The Labute approximate surface area is 138 Å². The summed E-state index contributed by atoms with van der Waals surface area (Å²) in [6.07, 6.45) is 1.06. The molecule has 0 unspecified atom stereocenters. The molecule has 0 saturated heterocycles. The minimum absolute atomic E-state index is 0.0286. The second-order valence-electron chi connectivity index (χ2n) is 5.01. The Morgan fingerprint density at radius 2 is 1.83 bits per heavy atom. The summed E-state index contributed by atoms with van der Waals surface area (Å²) in [5, 5.41) is 2.63. The second kappa shape index (κ2) is 7.39. The van der Waals surface area contributed by atoms with E-state index >= 15 is 0 Å². The van der Waals surface area contributed by atoms with Gasteiger partial charge in [-0.3, -0.25) is 4.79 Å². The number of halogens is 2. The molecule has 0 aromatic heterocycles. The van der Waals surface area contributed by atoms with Crippen LogP contribution in [-0.4, -0.2) is 27.2 Å². The Balaban J connectivity index is 2.00. The average molecular weight is 355 g/mol. The molecule has 0 bridgehead atoms. The van der Waals surface area contributed by atoms with Crippen molar-refractivity contribution >= 4 is 15.7 Å². The third-order valence-electron chi connectivity index (χ3n) is 3.13. The van der Waals surface area contributed by atoms with Gasteiger partial charge < -0.3 is 10.1 Å². The molecule has 0 heterocycles. The lowest BCUT2D eigenvalue weighted by atomic mass is 10.2. The minimum atomic E-state index is -3.40. The lowest BCUT2D eigenvalue weighted by Gasteiger charge is -2.08. The van der Waals surface area contributed by atoms with Crippen molar-refractivity contribution in [3.05, 3.63) is 59.7 Å². The topological polar surface area (TPSA) is 72.5 Å². The first kappa shape index (κ1) is 17.9. The normalized spacial score (nSPS) is 11.3. The van der Waals surface area contributed by atoms with E-state index in [4.69, 9.17) is 0 Å². The van der Waals surface area contributed by atoms with Gasteiger partial charge in [-0.05, 0) is 35.9 Å². The van der Waals surface area contributed by atoms with Crippen LogP contribution in [0.15, 0.2) is 53.4 Å². The first-order valence-electron chi connectivity index (χ1n) is 6.88. The monoisotopic (exact) mass is 355 g/mol. The number of carbonyl (C=O) groups excluding carboxylic acids is 1. The molecule has 0 aliphatic carbocycles. The van der Waals surface area contributed by atoms with E-state index in [0.717, 1.165) is 6.26 Å². The molecule has 8 heteroatoms. The van der Waals surface area contributed by atoms with Crippen LogP contribution in [-0.2, 0) is 16.4 Å². The Morgan fingerprint density at radius 3 is 2.42 bits per heavy atom. The van der Waals surface area contributed by atoms with Gasteiger partial charge in [0.05, 0.1) is 4.90 Å². The maximum atomic E-state index is 12.1. The van der Waals surface area contributed by atoms with E-state index in [1.165, 1.54) is 36.4 Å². The third-order valence-corrected chi connectivity index (χ3v) is 4.24. The highest BCUT2D eigenvalue weighted by Gasteiger charge is 2.11. The number of benzene rings is 2. The largest absolute Gasteiger partial charge is 0.435 e. The molecule has 0 radical (unpaired) electrons. The number of sulfone groups is 1. The van der Waals surface area contributed by atoms with Crippen molar-refractivity contribution in [3.8, 4) is 5.75 Å². The summed E-state index contributed by atoms with van der Waals surface area (Å²) in [6.45, 7) is -2.73. The number of amides is 1. The van der Waals surface area contributed by atoms with Gasteiger partial charge in [-0.25, -0.2) is 8.42 Å². The van der Waals surface area contributed by atoms with Crippen LogP contribution in [0.25, 0.3) is 0 Å². The molecular formula is C16H15F2NO4S. The maximum Gasteiger partial charge on any atom is 0.387 e. The van der Waals surface area contributed by atoms with Crippen LogP contribution in [0.3, 0.4) is 0 Å². The van der Waals surface area contributed by atoms with Crippen LogP contribution in [0.1, 0.15) is 15.9 Å². The molecule has 0 saturated carbocycles. The zero-order valence-corrected chi connectivity index (χ0v) is 13.5.